The zero-order valence-corrected chi connectivity index (χ0v) is 19.0. The van der Waals surface area contributed by atoms with E-state index in [4.69, 9.17) is 4.74 Å². The molecule has 1 N–H and O–H groups in total. The lowest BCUT2D eigenvalue weighted by Crippen LogP contribution is -2.41. The molecule has 0 radical (unpaired) electrons. The smallest absolute Gasteiger partial charge is 0.291 e. The summed E-state index contributed by atoms with van der Waals surface area (Å²) < 4.78 is 62.1. The predicted octanol–water partition coefficient (Wildman–Crippen LogP) is 2.35. The van der Waals surface area contributed by atoms with E-state index >= 15 is 0 Å². The van der Waals surface area contributed by atoms with Gasteiger partial charge >= 0.3 is 0 Å². The number of hydrogen-bond donors (Lipinski definition) is 1. The third kappa shape index (κ3) is 4.05. The Hall–Kier alpha value is -2.73. The van der Waals surface area contributed by atoms with E-state index in [0.29, 0.717) is 49.6 Å². The summed E-state index contributed by atoms with van der Waals surface area (Å²) in [5.41, 5.74) is 0.258. The quantitative estimate of drug-likeness (QED) is 0.552. The fraction of sp³-hybridized carbons (Fsp3) is 0.474. The first-order valence-electron chi connectivity index (χ1n) is 10.2. The predicted molar refractivity (Wildman–Crippen MR) is 115 cm³/mol. The molecule has 1 saturated carbocycles. The molecule has 1 unspecified atom stereocenters. The molecule has 0 aromatic carbocycles. The number of halogens is 2. The molecule has 2 fully saturated rings. The zero-order chi connectivity index (χ0) is 23.4. The third-order valence-corrected chi connectivity index (χ3v) is 8.05. The standard InChI is InChI=1S/C19H19F2N7O3S2/c1-11-8-27(4-5-31-11)13-6-12(33(29,30)26-19(10-22)2-3-19)9-28-14(7-23-16(13)28)17-24-25-18(32-17)15(20)21/h6-7,9,11,15,26H,2-5,8H2,1H3. The number of nitrogens with zero attached hydrogens (tertiary/aromatic N) is 6. The van der Waals surface area contributed by atoms with Gasteiger partial charge in [-0.2, -0.15) is 9.98 Å². The summed E-state index contributed by atoms with van der Waals surface area (Å²) in [6, 6.07) is 3.54. The topological polar surface area (TPSA) is 126 Å². The van der Waals surface area contributed by atoms with Gasteiger partial charge in [-0.15, -0.1) is 10.2 Å². The summed E-state index contributed by atoms with van der Waals surface area (Å²) in [4.78, 5) is 6.35. The summed E-state index contributed by atoms with van der Waals surface area (Å²) in [5.74, 6) is 0. The fourth-order valence-corrected chi connectivity index (χ4v) is 5.82. The van der Waals surface area contributed by atoms with Crippen molar-refractivity contribution in [3.05, 3.63) is 23.5 Å². The molecule has 0 amide bonds. The Morgan fingerprint density at radius 3 is 2.82 bits per heavy atom. The van der Waals surface area contributed by atoms with Crippen molar-refractivity contribution in [2.45, 2.75) is 42.7 Å². The van der Waals surface area contributed by atoms with E-state index in [9.17, 15) is 22.5 Å². The first kappa shape index (κ1) is 22.1. The van der Waals surface area contributed by atoms with Gasteiger partial charge in [0, 0.05) is 19.3 Å². The molecule has 1 atom stereocenters. The van der Waals surface area contributed by atoms with Gasteiger partial charge in [0.15, 0.2) is 15.7 Å². The van der Waals surface area contributed by atoms with Gasteiger partial charge < -0.3 is 9.64 Å². The van der Waals surface area contributed by atoms with Gasteiger partial charge in [0.1, 0.15) is 16.1 Å². The Bertz CT molecular complexity index is 1360. The van der Waals surface area contributed by atoms with Crippen LogP contribution in [0.1, 0.15) is 31.2 Å². The fourth-order valence-electron chi connectivity index (χ4n) is 3.72. The molecule has 3 aromatic rings. The van der Waals surface area contributed by atoms with Gasteiger partial charge in [-0.1, -0.05) is 11.3 Å². The number of rotatable bonds is 6. The number of anilines is 1. The molecule has 0 spiro atoms. The molecule has 1 aliphatic carbocycles. The van der Waals surface area contributed by atoms with Crippen molar-refractivity contribution in [1.29, 1.82) is 5.26 Å². The Morgan fingerprint density at radius 2 is 2.18 bits per heavy atom. The van der Waals surface area contributed by atoms with Gasteiger partial charge in [-0.25, -0.2) is 22.2 Å². The number of morpholine rings is 1. The molecular formula is C19H19F2N7O3S2. The van der Waals surface area contributed by atoms with Gasteiger partial charge in [-0.3, -0.25) is 4.40 Å². The Kier molecular flexibility index (Phi) is 5.31. The SMILES string of the molecule is CC1CN(c2cc(S(=O)(=O)NC3(C#N)CC3)cn3c(-c4nnc(C(F)F)s4)cnc23)CCO1. The minimum absolute atomic E-state index is 0.0662. The number of aromatic nitrogens is 4. The maximum atomic E-state index is 13.2. The van der Waals surface area contributed by atoms with Crippen LogP contribution in [0.2, 0.25) is 0 Å². The van der Waals surface area contributed by atoms with Crippen LogP contribution in [0, 0.1) is 11.3 Å². The van der Waals surface area contributed by atoms with Crippen LogP contribution >= 0.6 is 11.3 Å². The van der Waals surface area contributed by atoms with Crippen molar-refractivity contribution in [1.82, 2.24) is 24.3 Å². The van der Waals surface area contributed by atoms with E-state index in [0.717, 1.165) is 11.3 Å². The average Bonchev–Trinajstić information content (AvgIpc) is 3.18. The van der Waals surface area contributed by atoms with Crippen molar-refractivity contribution < 1.29 is 21.9 Å². The Balaban J connectivity index is 1.66. The maximum absolute atomic E-state index is 13.2. The number of nitrogens with one attached hydrogen (secondary N) is 1. The largest absolute Gasteiger partial charge is 0.375 e. The van der Waals surface area contributed by atoms with Gasteiger partial charge in [0.25, 0.3) is 6.43 Å². The molecule has 3 aromatic heterocycles. The maximum Gasteiger partial charge on any atom is 0.291 e. The van der Waals surface area contributed by atoms with Crippen molar-refractivity contribution in [3.63, 3.8) is 0 Å². The molecule has 174 valence electrons. The van der Waals surface area contributed by atoms with Crippen molar-refractivity contribution >= 4 is 32.7 Å². The van der Waals surface area contributed by atoms with Crippen molar-refractivity contribution in [2.75, 3.05) is 24.6 Å². The van der Waals surface area contributed by atoms with Gasteiger partial charge in [0.05, 0.1) is 30.7 Å². The Morgan fingerprint density at radius 1 is 1.39 bits per heavy atom. The van der Waals surface area contributed by atoms with Crippen LogP contribution in [0.15, 0.2) is 23.4 Å². The lowest BCUT2D eigenvalue weighted by atomic mass is 10.2. The molecule has 1 saturated heterocycles. The zero-order valence-electron chi connectivity index (χ0n) is 17.4. The minimum Gasteiger partial charge on any atom is -0.375 e. The monoisotopic (exact) mass is 495 g/mol. The molecule has 2 aliphatic rings. The molecule has 14 heteroatoms. The molecule has 0 bridgehead atoms. The second-order valence-electron chi connectivity index (χ2n) is 8.07. The first-order valence-corrected chi connectivity index (χ1v) is 12.5. The first-order chi connectivity index (χ1) is 15.7. The van der Waals surface area contributed by atoms with E-state index in [1.165, 1.54) is 22.9 Å². The van der Waals surface area contributed by atoms with E-state index in [2.05, 4.69) is 19.9 Å². The lowest BCUT2D eigenvalue weighted by molar-refractivity contribution is 0.0533. The van der Waals surface area contributed by atoms with Crippen LogP contribution in [-0.4, -0.2) is 59.3 Å². The van der Waals surface area contributed by atoms with E-state index < -0.39 is 27.0 Å². The molecule has 4 heterocycles. The van der Waals surface area contributed by atoms with E-state index in [-0.39, 0.29) is 16.0 Å². The highest BCUT2D eigenvalue weighted by Crippen LogP contribution is 2.37. The van der Waals surface area contributed by atoms with Crippen LogP contribution < -0.4 is 9.62 Å². The van der Waals surface area contributed by atoms with Crippen molar-refractivity contribution in [3.8, 4) is 16.8 Å². The second kappa shape index (κ2) is 7.94. The molecule has 1 aliphatic heterocycles. The number of fused-ring (bicyclic) bond motifs is 1. The van der Waals surface area contributed by atoms with Crippen LogP contribution in [0.5, 0.6) is 0 Å². The highest BCUT2D eigenvalue weighted by molar-refractivity contribution is 7.89. The number of pyridine rings is 1. The Labute approximate surface area is 191 Å². The number of ether oxygens (including phenoxy) is 1. The highest BCUT2D eigenvalue weighted by Gasteiger charge is 2.47. The molecular weight excluding hydrogens is 476 g/mol. The summed E-state index contributed by atoms with van der Waals surface area (Å²) in [6.07, 6.45) is 0.870. The number of sulfonamides is 1. The van der Waals surface area contributed by atoms with Crippen LogP contribution in [0.4, 0.5) is 14.5 Å². The average molecular weight is 496 g/mol. The van der Waals surface area contributed by atoms with Gasteiger partial charge in [0.2, 0.25) is 10.0 Å². The third-order valence-electron chi connectivity index (χ3n) is 5.59. The number of imidazole rings is 1. The van der Waals surface area contributed by atoms with Gasteiger partial charge in [-0.05, 0) is 25.8 Å². The van der Waals surface area contributed by atoms with Crippen LogP contribution in [-0.2, 0) is 14.8 Å². The molecule has 33 heavy (non-hydrogen) atoms. The van der Waals surface area contributed by atoms with Crippen molar-refractivity contribution in [2.24, 2.45) is 0 Å². The normalized spacial score (nSPS) is 20.3. The van der Waals surface area contributed by atoms with E-state index in [1.807, 2.05) is 17.9 Å². The number of hydrogen-bond acceptors (Lipinski definition) is 9. The van der Waals surface area contributed by atoms with E-state index in [1.54, 1.807) is 0 Å². The molecule has 5 rings (SSSR count). The summed E-state index contributed by atoms with van der Waals surface area (Å²) in [6.45, 7) is 3.42. The highest BCUT2D eigenvalue weighted by atomic mass is 32.2. The number of alkyl halides is 2. The van der Waals surface area contributed by atoms with Crippen LogP contribution in [0.3, 0.4) is 0 Å². The lowest BCUT2D eigenvalue weighted by Gasteiger charge is -2.33. The second-order valence-corrected chi connectivity index (χ2v) is 10.8. The molecule has 10 nitrogen and oxygen atoms in total. The summed E-state index contributed by atoms with van der Waals surface area (Å²) in [5, 5.41) is 16.5. The summed E-state index contributed by atoms with van der Waals surface area (Å²) >= 11 is 0.718. The summed E-state index contributed by atoms with van der Waals surface area (Å²) in [7, 11) is -4.05. The van der Waals surface area contributed by atoms with Crippen LogP contribution in [0.25, 0.3) is 16.3 Å². The minimum atomic E-state index is -4.05. The number of nitriles is 1.